The van der Waals surface area contributed by atoms with Gasteiger partial charge in [-0.2, -0.15) is 0 Å². The van der Waals surface area contributed by atoms with Crippen molar-refractivity contribution in [1.82, 2.24) is 0 Å². The largest absolute Gasteiger partial charge is 0.0839 e. The van der Waals surface area contributed by atoms with Gasteiger partial charge in [0.05, 0.1) is 0 Å². The summed E-state index contributed by atoms with van der Waals surface area (Å²) in [5.74, 6) is 0.738. The summed E-state index contributed by atoms with van der Waals surface area (Å²) in [6, 6.07) is 9.11. The van der Waals surface area contributed by atoms with Crippen molar-refractivity contribution >= 4 is 15.9 Å². The van der Waals surface area contributed by atoms with Gasteiger partial charge in [0.1, 0.15) is 0 Å². The van der Waals surface area contributed by atoms with Gasteiger partial charge in [-0.3, -0.25) is 0 Å². The van der Waals surface area contributed by atoms with Crippen LogP contribution in [0.4, 0.5) is 0 Å². The zero-order valence-corrected chi connectivity index (χ0v) is 15.8. The molecule has 114 valence electrons. The monoisotopic (exact) mass is 338 g/mol. The normalized spacial score (nSPS) is 16.0. The second kappa shape index (κ2) is 6.64. The lowest BCUT2D eigenvalue weighted by atomic mass is 9.82. The molecular weight excluding hydrogens is 308 g/mol. The molecule has 0 aliphatic rings. The Morgan fingerprint density at radius 2 is 1.45 bits per heavy atom. The minimum absolute atomic E-state index is 0.236. The van der Waals surface area contributed by atoms with Gasteiger partial charge in [-0.05, 0) is 40.7 Å². The van der Waals surface area contributed by atoms with Gasteiger partial charge >= 0.3 is 0 Å². The van der Waals surface area contributed by atoms with Crippen LogP contribution in [0.25, 0.3) is 0 Å². The highest BCUT2D eigenvalue weighted by Crippen LogP contribution is 2.35. The Labute approximate surface area is 134 Å². The molecule has 0 heterocycles. The molecule has 2 atom stereocenters. The maximum Gasteiger partial charge on any atom is 0.0397 e. The molecule has 20 heavy (non-hydrogen) atoms. The fraction of sp³-hybridized carbons (Fsp3) is 0.684. The Balaban J connectivity index is 2.66. The molecule has 0 N–H and O–H groups in total. The van der Waals surface area contributed by atoms with Gasteiger partial charge < -0.3 is 0 Å². The second-order valence-corrected chi connectivity index (χ2v) is 9.55. The summed E-state index contributed by atoms with van der Waals surface area (Å²) in [6.07, 6.45) is 2.47. The Hall–Kier alpha value is -0.300. The summed E-state index contributed by atoms with van der Waals surface area (Å²) in [5, 5.41) is 0. The maximum absolute atomic E-state index is 3.87. The van der Waals surface area contributed by atoms with Crippen LogP contribution in [0, 0.1) is 11.3 Å². The summed E-state index contributed by atoms with van der Waals surface area (Å²) in [7, 11) is 0. The second-order valence-electron chi connectivity index (χ2n) is 8.45. The predicted octanol–water partition coefficient (Wildman–Crippen LogP) is 6.88. The van der Waals surface area contributed by atoms with Crippen LogP contribution in [-0.2, 0) is 5.41 Å². The first-order valence-electron chi connectivity index (χ1n) is 7.73. The predicted molar refractivity (Wildman–Crippen MR) is 94.7 cm³/mol. The van der Waals surface area contributed by atoms with Gasteiger partial charge in [-0.15, -0.1) is 0 Å². The zero-order chi connectivity index (χ0) is 15.6. The Morgan fingerprint density at radius 1 is 0.950 bits per heavy atom. The summed E-state index contributed by atoms with van der Waals surface area (Å²) < 4.78 is 0. The van der Waals surface area contributed by atoms with E-state index in [9.17, 15) is 0 Å². The van der Waals surface area contributed by atoms with E-state index in [1.54, 1.807) is 0 Å². The number of benzene rings is 1. The number of halogens is 1. The molecule has 0 saturated heterocycles. The maximum atomic E-state index is 3.87. The standard InChI is InChI=1S/C19H31Br/c1-14(13-18(2,3)4)12-17(20)15-8-10-16(11-9-15)19(5,6)7/h8-11,14,17H,12-13H2,1-7H3. The molecule has 0 bridgehead atoms. The smallest absolute Gasteiger partial charge is 0.0397 e. The highest BCUT2D eigenvalue weighted by molar-refractivity contribution is 9.09. The molecule has 0 aliphatic carbocycles. The number of alkyl halides is 1. The van der Waals surface area contributed by atoms with Gasteiger partial charge in [0.25, 0.3) is 0 Å². The molecule has 0 aromatic heterocycles. The van der Waals surface area contributed by atoms with Crippen molar-refractivity contribution in [3.8, 4) is 0 Å². The number of hydrogen-bond acceptors (Lipinski definition) is 0. The van der Waals surface area contributed by atoms with Gasteiger partial charge in [0, 0.05) is 4.83 Å². The van der Waals surface area contributed by atoms with Crippen LogP contribution in [0.15, 0.2) is 24.3 Å². The van der Waals surface area contributed by atoms with E-state index in [4.69, 9.17) is 0 Å². The summed E-state index contributed by atoms with van der Waals surface area (Å²) in [5.41, 5.74) is 3.46. The molecule has 1 heteroatoms. The van der Waals surface area contributed by atoms with Crippen LogP contribution < -0.4 is 0 Å². The third-order valence-corrected chi connectivity index (χ3v) is 4.61. The molecule has 1 rings (SSSR count). The third-order valence-electron chi connectivity index (χ3n) is 3.71. The van der Waals surface area contributed by atoms with Crippen LogP contribution in [0.5, 0.6) is 0 Å². The van der Waals surface area contributed by atoms with Crippen LogP contribution in [0.2, 0.25) is 0 Å². The minimum Gasteiger partial charge on any atom is -0.0839 e. The fourth-order valence-corrected chi connectivity index (χ4v) is 3.75. The quantitative estimate of drug-likeness (QED) is 0.524. The topological polar surface area (TPSA) is 0 Å². The van der Waals surface area contributed by atoms with E-state index in [0.717, 1.165) is 5.92 Å². The first-order valence-corrected chi connectivity index (χ1v) is 8.65. The van der Waals surface area contributed by atoms with Gasteiger partial charge in [0.2, 0.25) is 0 Å². The van der Waals surface area contributed by atoms with Crippen molar-refractivity contribution in [2.75, 3.05) is 0 Å². The Kier molecular flexibility index (Phi) is 5.89. The van der Waals surface area contributed by atoms with E-state index in [2.05, 4.69) is 88.7 Å². The van der Waals surface area contributed by atoms with Gasteiger partial charge in [-0.1, -0.05) is 88.7 Å². The highest BCUT2D eigenvalue weighted by Gasteiger charge is 2.19. The van der Waals surface area contributed by atoms with Crippen molar-refractivity contribution in [3.63, 3.8) is 0 Å². The van der Waals surface area contributed by atoms with Gasteiger partial charge in [0.15, 0.2) is 0 Å². The average molecular weight is 339 g/mol. The average Bonchev–Trinajstić information content (AvgIpc) is 2.25. The fourth-order valence-electron chi connectivity index (χ4n) is 2.81. The molecule has 0 fully saturated rings. The van der Waals surface area contributed by atoms with Crippen molar-refractivity contribution in [1.29, 1.82) is 0 Å². The lowest BCUT2D eigenvalue weighted by Crippen LogP contribution is -2.13. The summed E-state index contributed by atoms with van der Waals surface area (Å²) in [4.78, 5) is 0.467. The molecular formula is C19H31Br. The van der Waals surface area contributed by atoms with Crippen LogP contribution >= 0.6 is 15.9 Å². The SMILES string of the molecule is CC(CC(Br)c1ccc(C(C)(C)C)cc1)CC(C)(C)C. The molecule has 0 aliphatic heterocycles. The first-order chi connectivity index (χ1) is 8.99. The molecule has 0 saturated carbocycles. The van der Waals surface area contributed by atoms with Crippen molar-refractivity contribution in [3.05, 3.63) is 35.4 Å². The third kappa shape index (κ3) is 5.99. The van der Waals surface area contributed by atoms with Crippen molar-refractivity contribution in [2.45, 2.75) is 71.5 Å². The Morgan fingerprint density at radius 3 is 1.85 bits per heavy atom. The molecule has 0 radical (unpaired) electrons. The van der Waals surface area contributed by atoms with E-state index < -0.39 is 0 Å². The van der Waals surface area contributed by atoms with Crippen molar-refractivity contribution in [2.24, 2.45) is 11.3 Å². The van der Waals surface area contributed by atoms with E-state index in [0.29, 0.717) is 10.2 Å². The minimum atomic E-state index is 0.236. The molecule has 0 spiro atoms. The lowest BCUT2D eigenvalue weighted by molar-refractivity contribution is 0.296. The number of rotatable bonds is 4. The van der Waals surface area contributed by atoms with E-state index in [-0.39, 0.29) is 5.41 Å². The zero-order valence-electron chi connectivity index (χ0n) is 14.3. The summed E-state index contributed by atoms with van der Waals surface area (Å²) >= 11 is 3.87. The van der Waals surface area contributed by atoms with E-state index in [1.165, 1.54) is 24.0 Å². The molecule has 2 unspecified atom stereocenters. The van der Waals surface area contributed by atoms with Gasteiger partial charge in [-0.25, -0.2) is 0 Å². The molecule has 0 nitrogen and oxygen atoms in total. The van der Waals surface area contributed by atoms with E-state index >= 15 is 0 Å². The van der Waals surface area contributed by atoms with E-state index in [1.807, 2.05) is 0 Å². The molecule has 0 amide bonds. The molecule has 1 aromatic carbocycles. The molecule has 1 aromatic rings. The van der Waals surface area contributed by atoms with Crippen LogP contribution in [-0.4, -0.2) is 0 Å². The van der Waals surface area contributed by atoms with Crippen LogP contribution in [0.3, 0.4) is 0 Å². The van der Waals surface area contributed by atoms with Crippen LogP contribution in [0.1, 0.15) is 77.3 Å². The highest BCUT2D eigenvalue weighted by atomic mass is 79.9. The number of hydrogen-bond donors (Lipinski definition) is 0. The summed E-state index contributed by atoms with van der Waals surface area (Å²) in [6.45, 7) is 16.1. The van der Waals surface area contributed by atoms with Crippen molar-refractivity contribution < 1.29 is 0 Å². The Bertz CT molecular complexity index is 403. The lowest BCUT2D eigenvalue weighted by Gasteiger charge is -2.25. The first kappa shape index (κ1) is 17.8.